The third-order valence-electron chi connectivity index (χ3n) is 6.07. The number of unbranched alkanes of at least 4 members (excludes halogenated alkanes) is 8. The molecule has 1 aliphatic carbocycles. The van der Waals surface area contributed by atoms with Gasteiger partial charge in [-0.05, 0) is 50.3 Å². The number of esters is 1. The number of carbonyl (C=O) groups is 1. The number of carbonyl (C=O) groups excluding carboxylic acids is 1. The first-order chi connectivity index (χ1) is 14.2. The van der Waals surface area contributed by atoms with Gasteiger partial charge in [0.15, 0.2) is 0 Å². The Morgan fingerprint density at radius 1 is 0.931 bits per heavy atom. The molecule has 1 aromatic rings. The molecule has 0 amide bonds. The second-order valence-corrected chi connectivity index (χ2v) is 8.50. The maximum Gasteiger partial charge on any atom is 0.306 e. The van der Waals surface area contributed by atoms with Gasteiger partial charge in [0.2, 0.25) is 0 Å². The summed E-state index contributed by atoms with van der Waals surface area (Å²) < 4.78 is 11.6. The largest absolute Gasteiger partial charge is 0.494 e. The molecular formula is C26H42O3. The zero-order valence-electron chi connectivity index (χ0n) is 18.8. The van der Waals surface area contributed by atoms with Crippen molar-refractivity contribution in [3.05, 3.63) is 29.8 Å². The monoisotopic (exact) mass is 402 g/mol. The van der Waals surface area contributed by atoms with Crippen molar-refractivity contribution < 1.29 is 14.3 Å². The van der Waals surface area contributed by atoms with E-state index in [1.165, 1.54) is 56.9 Å². The molecule has 1 fully saturated rings. The fourth-order valence-corrected chi connectivity index (χ4v) is 4.43. The number of ether oxygens (including phenoxy) is 2. The maximum atomic E-state index is 12.4. The molecule has 164 valence electrons. The number of benzene rings is 1. The maximum absolute atomic E-state index is 12.4. The topological polar surface area (TPSA) is 35.5 Å². The molecule has 0 radical (unpaired) electrons. The first-order valence-corrected chi connectivity index (χ1v) is 12.2. The van der Waals surface area contributed by atoms with Gasteiger partial charge in [-0.15, -0.1) is 0 Å². The van der Waals surface area contributed by atoms with Crippen LogP contribution in [0.15, 0.2) is 24.3 Å². The molecule has 0 N–H and O–H groups in total. The fraction of sp³-hybridized carbons (Fsp3) is 0.731. The van der Waals surface area contributed by atoms with Crippen LogP contribution in [-0.2, 0) is 9.53 Å². The van der Waals surface area contributed by atoms with Gasteiger partial charge in [-0.25, -0.2) is 0 Å². The summed E-state index contributed by atoms with van der Waals surface area (Å²) in [6, 6.07) is 8.33. The molecule has 0 spiro atoms. The van der Waals surface area contributed by atoms with E-state index in [1.54, 1.807) is 0 Å². The molecular weight excluding hydrogens is 360 g/mol. The first-order valence-electron chi connectivity index (χ1n) is 12.2. The second kappa shape index (κ2) is 14.5. The van der Waals surface area contributed by atoms with Gasteiger partial charge in [-0.3, -0.25) is 4.79 Å². The van der Waals surface area contributed by atoms with E-state index < -0.39 is 0 Å². The normalized spacial score (nSPS) is 19.1. The van der Waals surface area contributed by atoms with Crippen LogP contribution in [-0.4, -0.2) is 18.7 Å². The smallest absolute Gasteiger partial charge is 0.306 e. The van der Waals surface area contributed by atoms with Crippen molar-refractivity contribution in [1.29, 1.82) is 0 Å². The highest BCUT2D eigenvalue weighted by atomic mass is 16.5. The molecule has 0 heterocycles. The highest BCUT2D eigenvalue weighted by molar-refractivity contribution is 5.69. The van der Waals surface area contributed by atoms with E-state index in [9.17, 15) is 4.79 Å². The number of hydrogen-bond donors (Lipinski definition) is 0. The minimum atomic E-state index is -0.00851. The third-order valence-corrected chi connectivity index (χ3v) is 6.07. The Balaban J connectivity index is 1.70. The summed E-state index contributed by atoms with van der Waals surface area (Å²) >= 11 is 0. The van der Waals surface area contributed by atoms with Crippen LogP contribution in [0.4, 0.5) is 0 Å². The summed E-state index contributed by atoms with van der Waals surface area (Å²) in [5.74, 6) is 1.21. The van der Waals surface area contributed by atoms with E-state index in [2.05, 4.69) is 25.1 Å². The SMILES string of the molecule is CCCCCCCCCCCC(=O)OC1CCCCC1c1cccc(OCC)c1. The fourth-order valence-electron chi connectivity index (χ4n) is 4.43. The van der Waals surface area contributed by atoms with Gasteiger partial charge >= 0.3 is 5.97 Å². The van der Waals surface area contributed by atoms with Crippen LogP contribution in [0.3, 0.4) is 0 Å². The Morgan fingerprint density at radius 3 is 2.34 bits per heavy atom. The summed E-state index contributed by atoms with van der Waals surface area (Å²) in [6.45, 7) is 4.93. The lowest BCUT2D eigenvalue weighted by Gasteiger charge is -2.31. The molecule has 0 saturated heterocycles. The summed E-state index contributed by atoms with van der Waals surface area (Å²) in [5.41, 5.74) is 1.25. The van der Waals surface area contributed by atoms with Crippen LogP contribution in [0.1, 0.15) is 115 Å². The Morgan fingerprint density at radius 2 is 1.62 bits per heavy atom. The van der Waals surface area contributed by atoms with Crippen molar-refractivity contribution in [3.63, 3.8) is 0 Å². The average molecular weight is 403 g/mol. The van der Waals surface area contributed by atoms with Crippen LogP contribution in [0.5, 0.6) is 5.75 Å². The molecule has 2 atom stereocenters. The lowest BCUT2D eigenvalue weighted by molar-refractivity contribution is -0.151. The predicted molar refractivity (Wildman–Crippen MR) is 121 cm³/mol. The van der Waals surface area contributed by atoms with E-state index in [4.69, 9.17) is 9.47 Å². The predicted octanol–water partition coefficient (Wildman–Crippen LogP) is 7.58. The van der Waals surface area contributed by atoms with Crippen molar-refractivity contribution in [1.82, 2.24) is 0 Å². The molecule has 1 saturated carbocycles. The van der Waals surface area contributed by atoms with Gasteiger partial charge in [0.25, 0.3) is 0 Å². The van der Waals surface area contributed by atoms with Gasteiger partial charge in [0.1, 0.15) is 11.9 Å². The molecule has 2 rings (SSSR count). The Labute approximate surface area is 178 Å². The molecule has 0 aliphatic heterocycles. The standard InChI is InChI=1S/C26H42O3/c1-3-5-6-7-8-9-10-11-12-20-26(27)29-25-19-14-13-18-24(25)22-16-15-17-23(21-22)28-4-2/h15-17,21,24-25H,3-14,18-20H2,1-2H3. The van der Waals surface area contributed by atoms with Gasteiger partial charge in [0, 0.05) is 12.3 Å². The highest BCUT2D eigenvalue weighted by Gasteiger charge is 2.29. The Hall–Kier alpha value is -1.51. The van der Waals surface area contributed by atoms with Crippen LogP contribution >= 0.6 is 0 Å². The van der Waals surface area contributed by atoms with E-state index in [0.717, 1.165) is 37.9 Å². The molecule has 29 heavy (non-hydrogen) atoms. The molecule has 1 aliphatic rings. The minimum absolute atomic E-state index is 0.00851. The molecule has 2 unspecified atom stereocenters. The first kappa shape index (κ1) is 23.8. The molecule has 3 nitrogen and oxygen atoms in total. The minimum Gasteiger partial charge on any atom is -0.494 e. The lowest BCUT2D eigenvalue weighted by atomic mass is 9.81. The van der Waals surface area contributed by atoms with Crippen molar-refractivity contribution >= 4 is 5.97 Å². The lowest BCUT2D eigenvalue weighted by Crippen LogP contribution is -2.28. The summed E-state index contributed by atoms with van der Waals surface area (Å²) in [6.07, 6.45) is 16.4. The zero-order valence-corrected chi connectivity index (χ0v) is 18.8. The zero-order chi connectivity index (χ0) is 20.7. The van der Waals surface area contributed by atoms with Crippen LogP contribution in [0.25, 0.3) is 0 Å². The van der Waals surface area contributed by atoms with Crippen LogP contribution in [0, 0.1) is 0 Å². The van der Waals surface area contributed by atoms with Crippen molar-refractivity contribution in [2.45, 2.75) is 116 Å². The summed E-state index contributed by atoms with van der Waals surface area (Å²) in [5, 5.41) is 0. The molecule has 0 bridgehead atoms. The summed E-state index contributed by atoms with van der Waals surface area (Å²) in [4.78, 5) is 12.4. The third kappa shape index (κ3) is 9.23. The highest BCUT2D eigenvalue weighted by Crippen LogP contribution is 2.36. The van der Waals surface area contributed by atoms with Gasteiger partial charge < -0.3 is 9.47 Å². The van der Waals surface area contributed by atoms with Gasteiger partial charge in [-0.2, -0.15) is 0 Å². The molecule has 0 aromatic heterocycles. The van der Waals surface area contributed by atoms with E-state index in [0.29, 0.717) is 18.9 Å². The number of rotatable bonds is 14. The van der Waals surface area contributed by atoms with Gasteiger partial charge in [0.05, 0.1) is 6.61 Å². The number of hydrogen-bond acceptors (Lipinski definition) is 3. The molecule has 3 heteroatoms. The average Bonchev–Trinajstić information content (AvgIpc) is 2.73. The quantitative estimate of drug-likeness (QED) is 0.238. The van der Waals surface area contributed by atoms with Crippen molar-refractivity contribution in [3.8, 4) is 5.75 Å². The molecule has 1 aromatic carbocycles. The van der Waals surface area contributed by atoms with E-state index >= 15 is 0 Å². The van der Waals surface area contributed by atoms with Crippen LogP contribution in [0.2, 0.25) is 0 Å². The van der Waals surface area contributed by atoms with Gasteiger partial charge in [-0.1, -0.05) is 76.8 Å². The van der Waals surface area contributed by atoms with E-state index in [-0.39, 0.29) is 12.1 Å². The van der Waals surface area contributed by atoms with Crippen molar-refractivity contribution in [2.24, 2.45) is 0 Å². The second-order valence-electron chi connectivity index (χ2n) is 8.50. The van der Waals surface area contributed by atoms with Crippen molar-refractivity contribution in [2.75, 3.05) is 6.61 Å². The Kier molecular flexibility index (Phi) is 11.9. The Bertz CT molecular complexity index is 569. The van der Waals surface area contributed by atoms with E-state index in [1.807, 2.05) is 13.0 Å². The van der Waals surface area contributed by atoms with Crippen LogP contribution < -0.4 is 4.74 Å². The summed E-state index contributed by atoms with van der Waals surface area (Å²) in [7, 11) is 0.